The molecular formula is C15H20N2O3. The lowest BCUT2D eigenvalue weighted by Crippen LogP contribution is -2.44. The number of benzene rings is 1. The summed E-state index contributed by atoms with van der Waals surface area (Å²) in [4.78, 5) is 24.9. The second-order valence-electron chi connectivity index (χ2n) is 5.47. The van der Waals surface area contributed by atoms with E-state index in [1.54, 1.807) is 0 Å². The molecule has 0 saturated carbocycles. The topological polar surface area (TPSA) is 69.6 Å². The Labute approximate surface area is 118 Å². The molecule has 2 amide bonds. The summed E-state index contributed by atoms with van der Waals surface area (Å²) in [6.45, 7) is 6.32. The number of carboxylic acid groups (broad SMARTS) is 1. The number of hydrogen-bond donors (Lipinski definition) is 2. The van der Waals surface area contributed by atoms with Gasteiger partial charge in [-0.1, -0.05) is 13.0 Å². The zero-order chi connectivity index (χ0) is 14.9. The highest BCUT2D eigenvalue weighted by Gasteiger charge is 2.39. The number of carboxylic acids is 1. The molecule has 1 aromatic rings. The van der Waals surface area contributed by atoms with Crippen LogP contribution in [0.2, 0.25) is 0 Å². The second-order valence-corrected chi connectivity index (χ2v) is 5.47. The first-order chi connectivity index (χ1) is 9.40. The van der Waals surface area contributed by atoms with Crippen molar-refractivity contribution in [1.82, 2.24) is 4.90 Å². The van der Waals surface area contributed by atoms with Gasteiger partial charge in [-0.25, -0.2) is 9.59 Å². The number of aliphatic carboxylic acids is 1. The molecule has 0 spiro atoms. The van der Waals surface area contributed by atoms with E-state index in [1.807, 2.05) is 39.0 Å². The smallest absolute Gasteiger partial charge is 0.326 e. The van der Waals surface area contributed by atoms with Crippen molar-refractivity contribution in [3.8, 4) is 0 Å². The van der Waals surface area contributed by atoms with Crippen LogP contribution in [0.1, 0.15) is 24.5 Å². The third-order valence-corrected chi connectivity index (χ3v) is 3.97. The SMILES string of the molecule is Cc1ccc(NC(=O)N2CCC(C)C2C(=O)O)cc1C. The van der Waals surface area contributed by atoms with Gasteiger partial charge in [-0.05, 0) is 49.4 Å². The van der Waals surface area contributed by atoms with Gasteiger partial charge < -0.3 is 15.3 Å². The molecule has 0 radical (unpaired) electrons. The molecule has 1 heterocycles. The van der Waals surface area contributed by atoms with Crippen molar-refractivity contribution < 1.29 is 14.7 Å². The summed E-state index contributed by atoms with van der Waals surface area (Å²) in [6, 6.07) is 4.58. The number of carbonyl (C=O) groups excluding carboxylic acids is 1. The van der Waals surface area contributed by atoms with E-state index in [0.717, 1.165) is 17.5 Å². The van der Waals surface area contributed by atoms with E-state index in [9.17, 15) is 14.7 Å². The fourth-order valence-corrected chi connectivity index (χ4v) is 2.57. The molecule has 1 aromatic carbocycles. The van der Waals surface area contributed by atoms with E-state index in [1.165, 1.54) is 4.90 Å². The number of rotatable bonds is 2. The maximum absolute atomic E-state index is 12.2. The van der Waals surface area contributed by atoms with Crippen molar-refractivity contribution in [2.45, 2.75) is 33.2 Å². The Morgan fingerprint density at radius 1 is 1.30 bits per heavy atom. The third-order valence-electron chi connectivity index (χ3n) is 3.97. The van der Waals surface area contributed by atoms with Gasteiger partial charge in [0.25, 0.3) is 0 Å². The maximum atomic E-state index is 12.2. The largest absolute Gasteiger partial charge is 0.480 e. The van der Waals surface area contributed by atoms with Crippen LogP contribution in [0.15, 0.2) is 18.2 Å². The van der Waals surface area contributed by atoms with E-state index in [-0.39, 0.29) is 11.9 Å². The fraction of sp³-hybridized carbons (Fsp3) is 0.467. The molecule has 20 heavy (non-hydrogen) atoms. The lowest BCUT2D eigenvalue weighted by Gasteiger charge is -2.23. The summed E-state index contributed by atoms with van der Waals surface area (Å²) < 4.78 is 0. The molecule has 1 aliphatic heterocycles. The Kier molecular flexibility index (Phi) is 3.97. The first-order valence-corrected chi connectivity index (χ1v) is 6.78. The van der Waals surface area contributed by atoms with Gasteiger partial charge in [-0.2, -0.15) is 0 Å². The minimum absolute atomic E-state index is 0.0157. The van der Waals surface area contributed by atoms with Crippen LogP contribution in [0.5, 0.6) is 0 Å². The fourth-order valence-electron chi connectivity index (χ4n) is 2.57. The highest BCUT2D eigenvalue weighted by Crippen LogP contribution is 2.25. The molecule has 2 rings (SSSR count). The monoisotopic (exact) mass is 276 g/mol. The predicted octanol–water partition coefficient (Wildman–Crippen LogP) is 2.63. The van der Waals surface area contributed by atoms with Crippen molar-refractivity contribution in [1.29, 1.82) is 0 Å². The number of carbonyl (C=O) groups is 2. The number of anilines is 1. The summed E-state index contributed by atoms with van der Waals surface area (Å²) in [6.07, 6.45) is 0.720. The Hall–Kier alpha value is -2.04. The van der Waals surface area contributed by atoms with Crippen LogP contribution in [-0.4, -0.2) is 34.6 Å². The third kappa shape index (κ3) is 2.76. The van der Waals surface area contributed by atoms with Gasteiger partial charge in [0.15, 0.2) is 0 Å². The molecule has 0 aromatic heterocycles. The van der Waals surface area contributed by atoms with Crippen LogP contribution in [0.3, 0.4) is 0 Å². The predicted molar refractivity (Wildman–Crippen MR) is 76.8 cm³/mol. The molecule has 0 bridgehead atoms. The summed E-state index contributed by atoms with van der Waals surface area (Å²) >= 11 is 0. The number of nitrogens with one attached hydrogen (secondary N) is 1. The molecule has 1 saturated heterocycles. The zero-order valence-corrected chi connectivity index (χ0v) is 12.0. The van der Waals surface area contributed by atoms with Gasteiger partial charge in [-0.15, -0.1) is 0 Å². The van der Waals surface area contributed by atoms with Crippen LogP contribution < -0.4 is 5.32 Å². The van der Waals surface area contributed by atoms with Crippen molar-refractivity contribution in [2.24, 2.45) is 5.92 Å². The maximum Gasteiger partial charge on any atom is 0.326 e. The first-order valence-electron chi connectivity index (χ1n) is 6.78. The second kappa shape index (κ2) is 5.53. The zero-order valence-electron chi connectivity index (χ0n) is 12.0. The molecule has 1 aliphatic rings. The van der Waals surface area contributed by atoms with Gasteiger partial charge in [0.2, 0.25) is 0 Å². The van der Waals surface area contributed by atoms with Crippen molar-refractivity contribution in [3.63, 3.8) is 0 Å². The molecule has 5 nitrogen and oxygen atoms in total. The molecule has 2 N–H and O–H groups in total. The minimum Gasteiger partial charge on any atom is -0.480 e. The highest BCUT2D eigenvalue weighted by atomic mass is 16.4. The average molecular weight is 276 g/mol. The van der Waals surface area contributed by atoms with Gasteiger partial charge in [0.1, 0.15) is 6.04 Å². The molecule has 108 valence electrons. The Bertz CT molecular complexity index is 542. The normalized spacial score (nSPS) is 21.9. The van der Waals surface area contributed by atoms with Gasteiger partial charge >= 0.3 is 12.0 Å². The Morgan fingerprint density at radius 3 is 2.60 bits per heavy atom. The van der Waals surface area contributed by atoms with E-state index in [2.05, 4.69) is 5.32 Å². The highest BCUT2D eigenvalue weighted by molar-refractivity contribution is 5.93. The van der Waals surface area contributed by atoms with Crippen LogP contribution in [0.4, 0.5) is 10.5 Å². The number of aryl methyl sites for hydroxylation is 2. The van der Waals surface area contributed by atoms with Crippen molar-refractivity contribution in [2.75, 3.05) is 11.9 Å². The Morgan fingerprint density at radius 2 is 2.00 bits per heavy atom. The number of hydrogen-bond acceptors (Lipinski definition) is 2. The molecule has 0 aliphatic carbocycles. The molecule has 5 heteroatoms. The van der Waals surface area contributed by atoms with E-state index in [4.69, 9.17) is 0 Å². The van der Waals surface area contributed by atoms with Gasteiger partial charge in [-0.3, -0.25) is 0 Å². The van der Waals surface area contributed by atoms with Gasteiger partial charge in [0.05, 0.1) is 0 Å². The van der Waals surface area contributed by atoms with Gasteiger partial charge in [0, 0.05) is 12.2 Å². The lowest BCUT2D eigenvalue weighted by molar-refractivity contribution is -0.142. The van der Waals surface area contributed by atoms with Crippen molar-refractivity contribution >= 4 is 17.7 Å². The van der Waals surface area contributed by atoms with Crippen LogP contribution in [0.25, 0.3) is 0 Å². The van der Waals surface area contributed by atoms with Crippen LogP contribution in [0, 0.1) is 19.8 Å². The average Bonchev–Trinajstić information content (AvgIpc) is 2.76. The summed E-state index contributed by atoms with van der Waals surface area (Å²) in [5, 5.41) is 12.0. The number of urea groups is 1. The standard InChI is InChI=1S/C15H20N2O3/c1-9-4-5-12(8-11(9)3)16-15(20)17-7-6-10(2)13(17)14(18)19/h4-5,8,10,13H,6-7H2,1-3H3,(H,16,20)(H,18,19). The summed E-state index contributed by atoms with van der Waals surface area (Å²) in [7, 11) is 0. The van der Waals surface area contributed by atoms with E-state index < -0.39 is 12.0 Å². The van der Waals surface area contributed by atoms with Crippen LogP contribution >= 0.6 is 0 Å². The molecule has 2 unspecified atom stereocenters. The number of nitrogens with zero attached hydrogens (tertiary/aromatic N) is 1. The van der Waals surface area contributed by atoms with Crippen molar-refractivity contribution in [3.05, 3.63) is 29.3 Å². The van der Waals surface area contributed by atoms with Crippen LogP contribution in [-0.2, 0) is 4.79 Å². The quantitative estimate of drug-likeness (QED) is 0.872. The lowest BCUT2D eigenvalue weighted by atomic mass is 10.0. The molecular weight excluding hydrogens is 256 g/mol. The first kappa shape index (κ1) is 14.4. The van der Waals surface area contributed by atoms with E-state index >= 15 is 0 Å². The molecule has 1 fully saturated rings. The Balaban J connectivity index is 2.11. The molecule has 2 atom stereocenters. The number of likely N-dealkylation sites (tertiary alicyclic amines) is 1. The summed E-state index contributed by atoms with van der Waals surface area (Å²) in [5.41, 5.74) is 2.94. The summed E-state index contributed by atoms with van der Waals surface area (Å²) in [5.74, 6) is -0.955. The van der Waals surface area contributed by atoms with E-state index in [0.29, 0.717) is 12.2 Å². The number of amides is 2. The minimum atomic E-state index is -0.940.